The number of amides is 2. The van der Waals surface area contributed by atoms with Crippen molar-refractivity contribution in [1.82, 2.24) is 20.1 Å². The first-order valence-electron chi connectivity index (χ1n) is 12.6. The van der Waals surface area contributed by atoms with Crippen LogP contribution in [0.3, 0.4) is 0 Å². The quantitative estimate of drug-likeness (QED) is 0.266. The number of carbonyl (C=O) groups is 3. The van der Waals surface area contributed by atoms with Gasteiger partial charge in [-0.15, -0.1) is 10.2 Å². The summed E-state index contributed by atoms with van der Waals surface area (Å²) in [5.74, 6) is 0.980. The molecule has 11 nitrogen and oxygen atoms in total. The molecule has 2 N–H and O–H groups in total. The average Bonchev–Trinajstić information content (AvgIpc) is 3.57. The maximum Gasteiger partial charge on any atom is 0.338 e. The highest BCUT2D eigenvalue weighted by Crippen LogP contribution is 2.33. The number of aromatic nitrogens is 3. The number of anilines is 1. The van der Waals surface area contributed by atoms with E-state index in [4.69, 9.17) is 14.2 Å². The Morgan fingerprint density at radius 1 is 1.03 bits per heavy atom. The molecule has 1 aromatic heterocycles. The Kier molecular flexibility index (Phi) is 9.07. The zero-order valence-electron chi connectivity index (χ0n) is 22.2. The second-order valence-electron chi connectivity index (χ2n) is 8.98. The predicted octanol–water partition coefficient (Wildman–Crippen LogP) is 4.06. The van der Waals surface area contributed by atoms with Crippen molar-refractivity contribution in [3.05, 3.63) is 59.4 Å². The molecule has 0 spiro atoms. The summed E-state index contributed by atoms with van der Waals surface area (Å²) in [7, 11) is 0. The zero-order chi connectivity index (χ0) is 27.9. The molecule has 206 valence electrons. The van der Waals surface area contributed by atoms with Crippen LogP contribution in [0.25, 0.3) is 0 Å². The van der Waals surface area contributed by atoms with E-state index in [1.54, 1.807) is 49.4 Å². The molecule has 0 saturated carbocycles. The number of hydrogen-bond acceptors (Lipinski definition) is 9. The molecule has 0 fully saturated rings. The maximum atomic E-state index is 13.1. The van der Waals surface area contributed by atoms with E-state index in [1.165, 1.54) is 11.8 Å². The van der Waals surface area contributed by atoms with E-state index in [1.807, 2.05) is 25.3 Å². The Morgan fingerprint density at radius 3 is 2.44 bits per heavy atom. The molecule has 0 radical (unpaired) electrons. The van der Waals surface area contributed by atoms with Crippen LogP contribution >= 0.6 is 11.8 Å². The molecule has 1 aliphatic heterocycles. The van der Waals surface area contributed by atoms with Gasteiger partial charge in [0.2, 0.25) is 12.7 Å². The highest BCUT2D eigenvalue weighted by atomic mass is 32.2. The first-order chi connectivity index (χ1) is 18.8. The maximum absolute atomic E-state index is 13.1. The van der Waals surface area contributed by atoms with E-state index in [0.29, 0.717) is 52.4 Å². The monoisotopic (exact) mass is 553 g/mol. The Bertz CT molecular complexity index is 1340. The number of thioether (sulfide) groups is 1. The van der Waals surface area contributed by atoms with Crippen LogP contribution in [-0.4, -0.2) is 51.7 Å². The molecule has 4 rings (SSSR count). The number of ether oxygens (including phenoxy) is 3. The van der Waals surface area contributed by atoms with Gasteiger partial charge in [0.25, 0.3) is 5.91 Å². The molecular weight excluding hydrogens is 522 g/mol. The summed E-state index contributed by atoms with van der Waals surface area (Å²) in [6.45, 7) is 8.67. The normalized spacial score (nSPS) is 12.7. The van der Waals surface area contributed by atoms with Crippen LogP contribution < -0.4 is 20.1 Å². The average molecular weight is 554 g/mol. The summed E-state index contributed by atoms with van der Waals surface area (Å²) in [4.78, 5) is 37.5. The van der Waals surface area contributed by atoms with Gasteiger partial charge in [-0.05, 0) is 62.2 Å². The predicted molar refractivity (Wildman–Crippen MR) is 145 cm³/mol. The van der Waals surface area contributed by atoms with Crippen molar-refractivity contribution in [2.75, 3.05) is 24.5 Å². The molecule has 0 aliphatic carbocycles. The van der Waals surface area contributed by atoms with Gasteiger partial charge in [0.15, 0.2) is 22.5 Å². The van der Waals surface area contributed by atoms with E-state index in [2.05, 4.69) is 20.8 Å². The van der Waals surface area contributed by atoms with Crippen LogP contribution in [0.1, 0.15) is 60.3 Å². The molecule has 3 aromatic rings. The minimum absolute atomic E-state index is 0.0242. The minimum atomic E-state index is -0.410. The highest BCUT2D eigenvalue weighted by Gasteiger charge is 2.27. The van der Waals surface area contributed by atoms with Crippen LogP contribution in [0.5, 0.6) is 11.5 Å². The number of nitrogens with one attached hydrogen (secondary N) is 2. The van der Waals surface area contributed by atoms with Gasteiger partial charge in [0.05, 0.1) is 24.0 Å². The third-order valence-electron chi connectivity index (χ3n) is 5.94. The lowest BCUT2D eigenvalue weighted by Gasteiger charge is -2.22. The summed E-state index contributed by atoms with van der Waals surface area (Å²) in [5.41, 5.74) is 1.43. The van der Waals surface area contributed by atoms with Gasteiger partial charge in [0, 0.05) is 17.8 Å². The lowest BCUT2D eigenvalue weighted by Crippen LogP contribution is -2.33. The van der Waals surface area contributed by atoms with Crippen LogP contribution in [0.4, 0.5) is 5.69 Å². The molecule has 0 bridgehead atoms. The topological polar surface area (TPSA) is 134 Å². The summed E-state index contributed by atoms with van der Waals surface area (Å²) in [5, 5.41) is 15.1. The Hall–Kier alpha value is -4.06. The molecule has 2 amide bonds. The van der Waals surface area contributed by atoms with Crippen molar-refractivity contribution in [1.29, 1.82) is 0 Å². The number of carbonyl (C=O) groups excluding carboxylic acids is 3. The molecular formula is C27H31N5O6S. The van der Waals surface area contributed by atoms with Gasteiger partial charge in [-0.3, -0.25) is 9.59 Å². The molecule has 1 atom stereocenters. The van der Waals surface area contributed by atoms with Crippen LogP contribution in [0.15, 0.2) is 47.6 Å². The third-order valence-corrected chi connectivity index (χ3v) is 6.91. The summed E-state index contributed by atoms with van der Waals surface area (Å²) in [6, 6.07) is 11.2. The fourth-order valence-electron chi connectivity index (χ4n) is 3.96. The first kappa shape index (κ1) is 28.0. The largest absolute Gasteiger partial charge is 0.462 e. The second-order valence-corrected chi connectivity index (χ2v) is 9.93. The van der Waals surface area contributed by atoms with Crippen molar-refractivity contribution in [3.8, 4) is 11.5 Å². The number of nitrogens with zero attached hydrogens (tertiary/aromatic N) is 3. The molecule has 12 heteroatoms. The lowest BCUT2D eigenvalue weighted by atomic mass is 10.0. The van der Waals surface area contributed by atoms with Crippen LogP contribution in [0.2, 0.25) is 0 Å². The van der Waals surface area contributed by atoms with E-state index in [-0.39, 0.29) is 30.3 Å². The van der Waals surface area contributed by atoms with Crippen molar-refractivity contribution < 1.29 is 28.6 Å². The summed E-state index contributed by atoms with van der Waals surface area (Å²) >= 11 is 1.25. The standard InChI is InChI=1S/C27H31N5O6S/c1-5-32-24(23(16(3)4)29-25(34)18-9-12-20-21(13-18)38-15-37-20)30-31-27(32)39-14-22(33)28-19-10-7-17(8-11-19)26(35)36-6-2/h7-13,16,23H,5-6,14-15H2,1-4H3,(H,28,33)(H,29,34). The number of fused-ring (bicyclic) bond motifs is 1. The van der Waals surface area contributed by atoms with Crippen molar-refractivity contribution in [2.45, 2.75) is 45.4 Å². The molecule has 0 saturated heterocycles. The molecule has 2 aromatic carbocycles. The highest BCUT2D eigenvalue weighted by molar-refractivity contribution is 7.99. The number of hydrogen-bond donors (Lipinski definition) is 2. The van der Waals surface area contributed by atoms with E-state index >= 15 is 0 Å². The van der Waals surface area contributed by atoms with Gasteiger partial charge in [-0.2, -0.15) is 0 Å². The van der Waals surface area contributed by atoms with E-state index in [9.17, 15) is 14.4 Å². The molecule has 1 unspecified atom stereocenters. The summed E-state index contributed by atoms with van der Waals surface area (Å²) in [6.07, 6.45) is 0. The Labute approximate surface area is 230 Å². The second kappa shape index (κ2) is 12.7. The zero-order valence-corrected chi connectivity index (χ0v) is 23.0. The Balaban J connectivity index is 1.39. The van der Waals surface area contributed by atoms with Crippen molar-refractivity contribution in [3.63, 3.8) is 0 Å². The third kappa shape index (κ3) is 6.69. The van der Waals surface area contributed by atoms with Crippen LogP contribution in [-0.2, 0) is 16.1 Å². The smallest absolute Gasteiger partial charge is 0.338 e. The van der Waals surface area contributed by atoms with Gasteiger partial charge in [-0.25, -0.2) is 4.79 Å². The Morgan fingerprint density at radius 2 is 1.74 bits per heavy atom. The van der Waals surface area contributed by atoms with Crippen LogP contribution in [0, 0.1) is 5.92 Å². The lowest BCUT2D eigenvalue weighted by molar-refractivity contribution is -0.113. The van der Waals surface area contributed by atoms with E-state index in [0.717, 1.165) is 0 Å². The number of rotatable bonds is 11. The summed E-state index contributed by atoms with van der Waals surface area (Å²) < 4.78 is 17.6. The van der Waals surface area contributed by atoms with Crippen molar-refractivity contribution >= 4 is 35.2 Å². The van der Waals surface area contributed by atoms with Gasteiger partial charge in [0.1, 0.15) is 0 Å². The molecule has 1 aliphatic rings. The fraction of sp³-hybridized carbons (Fsp3) is 0.370. The molecule has 39 heavy (non-hydrogen) atoms. The SMILES string of the molecule is CCOC(=O)c1ccc(NC(=O)CSc2nnc(C(NC(=O)c3ccc4c(c3)OCO4)C(C)C)n2CC)cc1. The van der Waals surface area contributed by atoms with E-state index < -0.39 is 12.0 Å². The number of benzene rings is 2. The number of esters is 1. The molecule has 2 heterocycles. The first-order valence-corrected chi connectivity index (χ1v) is 13.6. The minimum Gasteiger partial charge on any atom is -0.462 e. The van der Waals surface area contributed by atoms with Crippen molar-refractivity contribution in [2.24, 2.45) is 5.92 Å². The van der Waals surface area contributed by atoms with Gasteiger partial charge < -0.3 is 29.4 Å². The fourth-order valence-corrected chi connectivity index (χ4v) is 4.77. The van der Waals surface area contributed by atoms with Gasteiger partial charge in [-0.1, -0.05) is 25.6 Å². The van der Waals surface area contributed by atoms with Gasteiger partial charge >= 0.3 is 5.97 Å².